The number of hydrogen-bond acceptors (Lipinski definition) is 3. The SMILES string of the molecule is CC(CC(=O)O)c1ccc(OCCCc2ccccc2)cc1.NC1CCCCC1. The summed E-state index contributed by atoms with van der Waals surface area (Å²) in [6.45, 7) is 2.60. The molecule has 1 saturated carbocycles. The number of ether oxygens (including phenoxy) is 1. The molecular formula is C25H35NO3. The largest absolute Gasteiger partial charge is 0.494 e. The van der Waals surface area contributed by atoms with E-state index in [4.69, 9.17) is 15.6 Å². The van der Waals surface area contributed by atoms with Gasteiger partial charge in [-0.25, -0.2) is 0 Å². The minimum Gasteiger partial charge on any atom is -0.494 e. The van der Waals surface area contributed by atoms with Crippen molar-refractivity contribution in [2.24, 2.45) is 5.73 Å². The summed E-state index contributed by atoms with van der Waals surface area (Å²) in [7, 11) is 0. The first-order chi connectivity index (χ1) is 14.0. The molecule has 1 aliphatic rings. The average molecular weight is 398 g/mol. The molecule has 0 aliphatic heterocycles. The highest BCUT2D eigenvalue weighted by molar-refractivity contribution is 5.67. The van der Waals surface area contributed by atoms with Gasteiger partial charge in [-0.1, -0.05) is 68.7 Å². The molecular weight excluding hydrogens is 362 g/mol. The molecule has 0 bridgehead atoms. The van der Waals surface area contributed by atoms with Crippen molar-refractivity contribution in [2.45, 2.75) is 70.3 Å². The summed E-state index contributed by atoms with van der Waals surface area (Å²) in [4.78, 5) is 10.7. The zero-order valence-corrected chi connectivity index (χ0v) is 17.6. The fourth-order valence-electron chi connectivity index (χ4n) is 3.52. The average Bonchev–Trinajstić information content (AvgIpc) is 2.73. The summed E-state index contributed by atoms with van der Waals surface area (Å²) < 4.78 is 5.73. The highest BCUT2D eigenvalue weighted by Crippen LogP contribution is 2.22. The number of aliphatic carboxylic acids is 1. The van der Waals surface area contributed by atoms with E-state index in [1.807, 2.05) is 49.4 Å². The van der Waals surface area contributed by atoms with Gasteiger partial charge in [0.05, 0.1) is 13.0 Å². The molecule has 0 heterocycles. The van der Waals surface area contributed by atoms with Gasteiger partial charge in [0.15, 0.2) is 0 Å². The van der Waals surface area contributed by atoms with E-state index in [1.54, 1.807) is 0 Å². The van der Waals surface area contributed by atoms with Gasteiger partial charge in [-0.15, -0.1) is 0 Å². The van der Waals surface area contributed by atoms with Crippen molar-refractivity contribution in [1.29, 1.82) is 0 Å². The van der Waals surface area contributed by atoms with Crippen molar-refractivity contribution in [2.75, 3.05) is 6.61 Å². The third-order valence-electron chi connectivity index (χ3n) is 5.30. The molecule has 4 heteroatoms. The number of rotatable bonds is 8. The Balaban J connectivity index is 0.000000360. The highest BCUT2D eigenvalue weighted by atomic mass is 16.5. The molecule has 1 aliphatic carbocycles. The second kappa shape index (κ2) is 13.0. The molecule has 0 amide bonds. The Labute approximate surface area is 175 Å². The maximum Gasteiger partial charge on any atom is 0.303 e. The van der Waals surface area contributed by atoms with Gasteiger partial charge in [-0.2, -0.15) is 0 Å². The molecule has 3 rings (SSSR count). The Morgan fingerprint density at radius 3 is 2.28 bits per heavy atom. The lowest BCUT2D eigenvalue weighted by molar-refractivity contribution is -0.137. The second-order valence-electron chi connectivity index (χ2n) is 7.90. The van der Waals surface area contributed by atoms with Gasteiger partial charge in [0.1, 0.15) is 5.75 Å². The molecule has 0 radical (unpaired) electrons. The summed E-state index contributed by atoms with van der Waals surface area (Å²) in [5, 5.41) is 8.81. The minimum atomic E-state index is -0.770. The van der Waals surface area contributed by atoms with Crippen molar-refractivity contribution in [3.63, 3.8) is 0 Å². The van der Waals surface area contributed by atoms with E-state index >= 15 is 0 Å². The predicted octanol–water partition coefficient (Wildman–Crippen LogP) is 5.55. The summed E-state index contributed by atoms with van der Waals surface area (Å²) in [6.07, 6.45) is 8.79. The molecule has 0 aromatic heterocycles. The van der Waals surface area contributed by atoms with E-state index in [0.717, 1.165) is 24.2 Å². The molecule has 2 aromatic rings. The van der Waals surface area contributed by atoms with Gasteiger partial charge < -0.3 is 15.6 Å². The van der Waals surface area contributed by atoms with Crippen molar-refractivity contribution < 1.29 is 14.6 Å². The zero-order valence-electron chi connectivity index (χ0n) is 17.6. The first-order valence-electron chi connectivity index (χ1n) is 10.8. The fraction of sp³-hybridized carbons (Fsp3) is 0.480. The third kappa shape index (κ3) is 9.62. The van der Waals surface area contributed by atoms with Crippen molar-refractivity contribution in [1.82, 2.24) is 0 Å². The quantitative estimate of drug-likeness (QED) is 0.573. The lowest BCUT2D eigenvalue weighted by Crippen LogP contribution is -2.22. The lowest BCUT2D eigenvalue weighted by Gasteiger charge is -2.15. The van der Waals surface area contributed by atoms with Crippen LogP contribution in [0.1, 0.15) is 68.9 Å². The topological polar surface area (TPSA) is 72.5 Å². The first-order valence-corrected chi connectivity index (χ1v) is 10.8. The van der Waals surface area contributed by atoms with Crippen LogP contribution in [-0.2, 0) is 11.2 Å². The zero-order chi connectivity index (χ0) is 20.9. The molecule has 0 spiro atoms. The van der Waals surface area contributed by atoms with Gasteiger partial charge in [-0.05, 0) is 54.9 Å². The van der Waals surface area contributed by atoms with Crippen molar-refractivity contribution in [3.05, 3.63) is 65.7 Å². The Kier molecular flexibility index (Phi) is 10.3. The highest BCUT2D eigenvalue weighted by Gasteiger charge is 2.10. The Morgan fingerprint density at radius 2 is 1.72 bits per heavy atom. The molecule has 29 heavy (non-hydrogen) atoms. The second-order valence-corrected chi connectivity index (χ2v) is 7.90. The maximum absolute atomic E-state index is 10.7. The van der Waals surface area contributed by atoms with Crippen LogP contribution in [-0.4, -0.2) is 23.7 Å². The predicted molar refractivity (Wildman–Crippen MR) is 118 cm³/mol. The number of benzene rings is 2. The van der Waals surface area contributed by atoms with Crippen LogP contribution in [0.2, 0.25) is 0 Å². The first kappa shape index (κ1) is 23.0. The van der Waals surface area contributed by atoms with Gasteiger partial charge in [0.25, 0.3) is 0 Å². The Hall–Kier alpha value is -2.33. The number of carbonyl (C=O) groups is 1. The van der Waals surface area contributed by atoms with Crippen molar-refractivity contribution >= 4 is 5.97 Å². The van der Waals surface area contributed by atoms with Gasteiger partial charge in [0.2, 0.25) is 0 Å². The standard InChI is InChI=1S/C19H22O3.C6H13N/c1-15(14-19(20)21)17-9-11-18(12-10-17)22-13-5-8-16-6-3-2-4-7-16;7-6-4-2-1-3-5-6/h2-4,6-7,9-12,15H,5,8,13-14H2,1H3,(H,20,21);6H,1-5,7H2. The van der Waals surface area contributed by atoms with E-state index in [1.165, 1.54) is 37.7 Å². The number of nitrogens with two attached hydrogens (primary N) is 1. The normalized spacial score (nSPS) is 15.1. The molecule has 2 aromatic carbocycles. The van der Waals surface area contributed by atoms with Crippen LogP contribution in [0.25, 0.3) is 0 Å². The van der Waals surface area contributed by atoms with Crippen LogP contribution in [0.15, 0.2) is 54.6 Å². The molecule has 4 nitrogen and oxygen atoms in total. The molecule has 1 atom stereocenters. The van der Waals surface area contributed by atoms with E-state index in [2.05, 4.69) is 12.1 Å². The van der Waals surface area contributed by atoms with Crippen LogP contribution < -0.4 is 10.5 Å². The summed E-state index contributed by atoms with van der Waals surface area (Å²) in [5.41, 5.74) is 7.98. The van der Waals surface area contributed by atoms with Crippen LogP contribution in [0.5, 0.6) is 5.75 Å². The smallest absolute Gasteiger partial charge is 0.303 e. The van der Waals surface area contributed by atoms with E-state index in [0.29, 0.717) is 12.6 Å². The minimum absolute atomic E-state index is 0.0182. The van der Waals surface area contributed by atoms with Gasteiger partial charge in [0, 0.05) is 6.04 Å². The number of hydrogen-bond donors (Lipinski definition) is 2. The summed E-state index contributed by atoms with van der Waals surface area (Å²) in [5.74, 6) is 0.0812. The molecule has 0 saturated heterocycles. The third-order valence-corrected chi connectivity index (χ3v) is 5.30. The van der Waals surface area contributed by atoms with Crippen LogP contribution >= 0.6 is 0 Å². The molecule has 158 valence electrons. The Morgan fingerprint density at radius 1 is 1.07 bits per heavy atom. The van der Waals surface area contributed by atoms with E-state index in [9.17, 15) is 4.79 Å². The molecule has 1 fully saturated rings. The fourth-order valence-corrected chi connectivity index (χ4v) is 3.52. The lowest BCUT2D eigenvalue weighted by atomic mass is 9.97. The molecule has 1 unspecified atom stereocenters. The number of aryl methyl sites for hydroxylation is 1. The van der Waals surface area contributed by atoms with E-state index < -0.39 is 5.97 Å². The van der Waals surface area contributed by atoms with Crippen LogP contribution in [0.3, 0.4) is 0 Å². The van der Waals surface area contributed by atoms with E-state index in [-0.39, 0.29) is 12.3 Å². The van der Waals surface area contributed by atoms with Gasteiger partial charge >= 0.3 is 5.97 Å². The van der Waals surface area contributed by atoms with Crippen molar-refractivity contribution in [3.8, 4) is 5.75 Å². The number of carboxylic acids is 1. The summed E-state index contributed by atoms with van der Waals surface area (Å²) in [6, 6.07) is 18.6. The Bertz CT molecular complexity index is 694. The number of carboxylic acid groups (broad SMARTS) is 1. The van der Waals surface area contributed by atoms with Crippen LogP contribution in [0.4, 0.5) is 0 Å². The monoisotopic (exact) mass is 397 g/mol. The summed E-state index contributed by atoms with van der Waals surface area (Å²) >= 11 is 0. The maximum atomic E-state index is 10.7. The van der Waals surface area contributed by atoms with Gasteiger partial charge in [-0.3, -0.25) is 4.79 Å². The van der Waals surface area contributed by atoms with Crippen LogP contribution in [0, 0.1) is 0 Å². The molecule has 3 N–H and O–H groups in total.